The minimum atomic E-state index is -0.247. The molecule has 0 bridgehead atoms. The maximum absolute atomic E-state index is 9.15. The summed E-state index contributed by atoms with van der Waals surface area (Å²) in [6.07, 6.45) is 2.38. The molecule has 0 amide bonds. The van der Waals surface area contributed by atoms with Gasteiger partial charge in [0.25, 0.3) is 0 Å². The van der Waals surface area contributed by atoms with Crippen molar-refractivity contribution in [1.29, 1.82) is 0 Å². The van der Waals surface area contributed by atoms with E-state index in [1.807, 2.05) is 37.2 Å². The van der Waals surface area contributed by atoms with Crippen LogP contribution >= 0.6 is 0 Å². The third kappa shape index (κ3) is 3.34. The molecule has 1 rings (SSSR count). The van der Waals surface area contributed by atoms with Gasteiger partial charge in [0.2, 0.25) is 0 Å². The Labute approximate surface area is 85.4 Å². The Bertz CT molecular complexity index is 269. The van der Waals surface area contributed by atoms with E-state index in [1.54, 1.807) is 6.92 Å². The van der Waals surface area contributed by atoms with Crippen LogP contribution in [0.2, 0.25) is 0 Å². The van der Waals surface area contributed by atoms with E-state index in [2.05, 4.69) is 4.98 Å². The number of hydrogen-bond acceptors (Lipinski definition) is 3. The predicted molar refractivity (Wildman–Crippen MR) is 58.5 cm³/mol. The van der Waals surface area contributed by atoms with Gasteiger partial charge in [0.1, 0.15) is 5.82 Å². The lowest BCUT2D eigenvalue weighted by Crippen LogP contribution is -2.22. The zero-order valence-corrected chi connectivity index (χ0v) is 9.07. The van der Waals surface area contributed by atoms with Gasteiger partial charge in [-0.3, -0.25) is 0 Å². The molecule has 1 aromatic heterocycles. The van der Waals surface area contributed by atoms with Crippen LogP contribution in [0.3, 0.4) is 0 Å². The van der Waals surface area contributed by atoms with Gasteiger partial charge in [-0.1, -0.05) is 6.07 Å². The molecule has 1 aromatic rings. The lowest BCUT2D eigenvalue weighted by atomic mass is 10.2. The Hall–Kier alpha value is -1.09. The van der Waals surface area contributed by atoms with Crippen LogP contribution in [0.15, 0.2) is 18.3 Å². The van der Waals surface area contributed by atoms with Gasteiger partial charge in [0.05, 0.1) is 6.10 Å². The Morgan fingerprint density at radius 3 is 2.71 bits per heavy atom. The SMILES string of the molecule is Cc1ccc(N(C)CCC(C)O)nc1. The molecule has 0 aliphatic carbocycles. The third-order valence-corrected chi connectivity index (χ3v) is 2.17. The number of pyridine rings is 1. The van der Waals surface area contributed by atoms with Gasteiger partial charge < -0.3 is 10.0 Å². The van der Waals surface area contributed by atoms with Crippen molar-refractivity contribution in [2.45, 2.75) is 26.4 Å². The van der Waals surface area contributed by atoms with Gasteiger partial charge in [-0.05, 0) is 31.9 Å². The molecule has 0 fully saturated rings. The van der Waals surface area contributed by atoms with Crippen LogP contribution in [0.25, 0.3) is 0 Å². The maximum Gasteiger partial charge on any atom is 0.128 e. The highest BCUT2D eigenvalue weighted by molar-refractivity contribution is 5.37. The van der Waals surface area contributed by atoms with Crippen molar-refractivity contribution in [3.8, 4) is 0 Å². The molecule has 1 unspecified atom stereocenters. The second kappa shape index (κ2) is 4.96. The van der Waals surface area contributed by atoms with Crippen molar-refractivity contribution in [1.82, 2.24) is 4.98 Å². The lowest BCUT2D eigenvalue weighted by Gasteiger charge is -2.18. The smallest absolute Gasteiger partial charge is 0.128 e. The van der Waals surface area contributed by atoms with Crippen LogP contribution in [0.1, 0.15) is 18.9 Å². The zero-order chi connectivity index (χ0) is 10.6. The molecule has 78 valence electrons. The van der Waals surface area contributed by atoms with E-state index in [4.69, 9.17) is 5.11 Å². The van der Waals surface area contributed by atoms with Crippen LogP contribution in [0.4, 0.5) is 5.82 Å². The van der Waals surface area contributed by atoms with Crippen LogP contribution in [-0.4, -0.2) is 29.8 Å². The van der Waals surface area contributed by atoms with Crippen LogP contribution in [-0.2, 0) is 0 Å². The van der Waals surface area contributed by atoms with E-state index in [9.17, 15) is 0 Å². The molecule has 0 aliphatic heterocycles. The first kappa shape index (κ1) is 11.0. The summed E-state index contributed by atoms with van der Waals surface area (Å²) in [5.74, 6) is 0.955. The molecule has 0 spiro atoms. The van der Waals surface area contributed by atoms with Crippen molar-refractivity contribution >= 4 is 5.82 Å². The Kier molecular flexibility index (Phi) is 3.89. The molecule has 0 aromatic carbocycles. The molecular formula is C11H18N2O. The highest BCUT2D eigenvalue weighted by Crippen LogP contribution is 2.09. The van der Waals surface area contributed by atoms with Crippen molar-refractivity contribution in [2.75, 3.05) is 18.5 Å². The fourth-order valence-corrected chi connectivity index (χ4v) is 1.18. The van der Waals surface area contributed by atoms with E-state index in [-0.39, 0.29) is 6.10 Å². The molecule has 0 aliphatic rings. The van der Waals surface area contributed by atoms with Crippen molar-refractivity contribution in [2.24, 2.45) is 0 Å². The second-order valence-electron chi connectivity index (χ2n) is 3.75. The fraction of sp³-hybridized carbons (Fsp3) is 0.545. The molecule has 1 N–H and O–H groups in total. The number of nitrogens with zero attached hydrogens (tertiary/aromatic N) is 2. The fourth-order valence-electron chi connectivity index (χ4n) is 1.18. The monoisotopic (exact) mass is 194 g/mol. The van der Waals surface area contributed by atoms with Gasteiger partial charge in [0.15, 0.2) is 0 Å². The molecule has 0 saturated carbocycles. The summed E-state index contributed by atoms with van der Waals surface area (Å²) >= 11 is 0. The number of aliphatic hydroxyl groups is 1. The Morgan fingerprint density at radius 2 is 2.21 bits per heavy atom. The molecule has 0 radical (unpaired) electrons. The summed E-state index contributed by atoms with van der Waals surface area (Å²) in [7, 11) is 1.99. The summed E-state index contributed by atoms with van der Waals surface area (Å²) in [6.45, 7) is 4.65. The van der Waals surface area contributed by atoms with E-state index < -0.39 is 0 Å². The quantitative estimate of drug-likeness (QED) is 0.791. The van der Waals surface area contributed by atoms with Gasteiger partial charge in [0, 0.05) is 19.8 Å². The third-order valence-electron chi connectivity index (χ3n) is 2.17. The van der Waals surface area contributed by atoms with E-state index >= 15 is 0 Å². The normalized spacial score (nSPS) is 12.6. The van der Waals surface area contributed by atoms with Crippen LogP contribution in [0.5, 0.6) is 0 Å². The van der Waals surface area contributed by atoms with Gasteiger partial charge in [-0.15, -0.1) is 0 Å². The summed E-state index contributed by atoms with van der Waals surface area (Å²) in [6, 6.07) is 4.04. The number of aliphatic hydroxyl groups excluding tert-OH is 1. The highest BCUT2D eigenvalue weighted by Gasteiger charge is 2.03. The Morgan fingerprint density at radius 1 is 1.50 bits per heavy atom. The van der Waals surface area contributed by atoms with Gasteiger partial charge in [-0.2, -0.15) is 0 Å². The van der Waals surface area contributed by atoms with Crippen molar-refractivity contribution in [3.63, 3.8) is 0 Å². The topological polar surface area (TPSA) is 36.4 Å². The summed E-state index contributed by atoms with van der Waals surface area (Å²) in [4.78, 5) is 6.35. The standard InChI is InChI=1S/C11H18N2O/c1-9-4-5-11(12-8-9)13(3)7-6-10(2)14/h4-5,8,10,14H,6-7H2,1-3H3. The van der Waals surface area contributed by atoms with Crippen LogP contribution < -0.4 is 4.90 Å². The largest absolute Gasteiger partial charge is 0.393 e. The van der Waals surface area contributed by atoms with Crippen LogP contribution in [0, 0.1) is 6.92 Å². The molecule has 1 atom stereocenters. The lowest BCUT2D eigenvalue weighted by molar-refractivity contribution is 0.187. The summed E-state index contributed by atoms with van der Waals surface area (Å²) < 4.78 is 0. The zero-order valence-electron chi connectivity index (χ0n) is 9.07. The van der Waals surface area contributed by atoms with Crippen molar-refractivity contribution < 1.29 is 5.11 Å². The first-order chi connectivity index (χ1) is 6.59. The second-order valence-corrected chi connectivity index (χ2v) is 3.75. The molecule has 0 saturated heterocycles. The molecule has 14 heavy (non-hydrogen) atoms. The number of aromatic nitrogens is 1. The number of aryl methyl sites for hydroxylation is 1. The first-order valence-corrected chi connectivity index (χ1v) is 4.91. The number of hydrogen-bond donors (Lipinski definition) is 1. The minimum Gasteiger partial charge on any atom is -0.393 e. The number of anilines is 1. The maximum atomic E-state index is 9.15. The Balaban J connectivity index is 2.52. The first-order valence-electron chi connectivity index (χ1n) is 4.91. The van der Waals surface area contributed by atoms with Gasteiger partial charge >= 0.3 is 0 Å². The molecule has 1 heterocycles. The van der Waals surface area contributed by atoms with Crippen molar-refractivity contribution in [3.05, 3.63) is 23.9 Å². The summed E-state index contributed by atoms with van der Waals surface area (Å²) in [5.41, 5.74) is 1.16. The average Bonchev–Trinajstić information content (AvgIpc) is 2.15. The van der Waals surface area contributed by atoms with E-state index in [0.717, 1.165) is 24.3 Å². The van der Waals surface area contributed by atoms with Gasteiger partial charge in [-0.25, -0.2) is 4.98 Å². The summed E-state index contributed by atoms with van der Waals surface area (Å²) in [5, 5.41) is 9.15. The molecule has 3 heteroatoms. The minimum absolute atomic E-state index is 0.247. The number of rotatable bonds is 4. The van der Waals surface area contributed by atoms with E-state index in [0.29, 0.717) is 0 Å². The molecular weight excluding hydrogens is 176 g/mol. The highest BCUT2D eigenvalue weighted by atomic mass is 16.3. The average molecular weight is 194 g/mol. The predicted octanol–water partition coefficient (Wildman–Crippen LogP) is 1.60. The van der Waals surface area contributed by atoms with E-state index in [1.165, 1.54) is 0 Å². The molecule has 3 nitrogen and oxygen atoms in total.